The van der Waals surface area contributed by atoms with E-state index in [-0.39, 0.29) is 23.1 Å². The van der Waals surface area contributed by atoms with Gasteiger partial charge in [0.15, 0.2) is 11.2 Å². The molecule has 3 aromatic rings. The Balaban J connectivity index is 1.50. The summed E-state index contributed by atoms with van der Waals surface area (Å²) in [6.07, 6.45) is 3.61. The van der Waals surface area contributed by atoms with Crippen LogP contribution in [0.5, 0.6) is 0 Å². The summed E-state index contributed by atoms with van der Waals surface area (Å²) in [5.41, 5.74) is 0.208. The average Bonchev–Trinajstić information content (AvgIpc) is 2.69. The zero-order valence-corrected chi connectivity index (χ0v) is 14.2. The van der Waals surface area contributed by atoms with Gasteiger partial charge in [0.2, 0.25) is 0 Å². The van der Waals surface area contributed by atoms with Crippen LogP contribution < -0.4 is 15.6 Å². The molecule has 2 aromatic heterocycles. The molecule has 1 N–H and O–H groups in total. The van der Waals surface area contributed by atoms with Gasteiger partial charge >= 0.3 is 0 Å². The molecule has 0 bridgehead atoms. The highest BCUT2D eigenvalue weighted by Crippen LogP contribution is 2.18. The second kappa shape index (κ2) is 7.00. The predicted molar refractivity (Wildman–Crippen MR) is 99.4 cm³/mol. The van der Waals surface area contributed by atoms with Gasteiger partial charge in [-0.05, 0) is 37.1 Å². The number of nitrogens with one attached hydrogen (secondary N) is 1. The number of carbonyl (C=O) groups excluding carboxylic acids is 1. The normalized spacial score (nSPS) is 17.2. The minimum absolute atomic E-state index is 0.0185. The fourth-order valence-electron chi connectivity index (χ4n) is 3.32. The Morgan fingerprint density at radius 2 is 2.04 bits per heavy atom. The minimum Gasteiger partial charge on any atom is -0.451 e. The molecule has 0 aliphatic carbocycles. The molecule has 1 amide bonds. The number of carbonyl (C=O) groups is 1. The van der Waals surface area contributed by atoms with Gasteiger partial charge in [-0.15, -0.1) is 0 Å². The van der Waals surface area contributed by atoms with E-state index in [9.17, 15) is 9.59 Å². The third kappa shape index (κ3) is 3.31. The van der Waals surface area contributed by atoms with Crippen LogP contribution in [0.2, 0.25) is 0 Å². The lowest BCUT2D eigenvalue weighted by Gasteiger charge is -2.33. The van der Waals surface area contributed by atoms with Gasteiger partial charge in [-0.2, -0.15) is 0 Å². The molecule has 26 heavy (non-hydrogen) atoms. The molecule has 3 heterocycles. The maximum Gasteiger partial charge on any atom is 0.287 e. The first-order valence-corrected chi connectivity index (χ1v) is 8.70. The van der Waals surface area contributed by atoms with Gasteiger partial charge in [0, 0.05) is 31.4 Å². The largest absolute Gasteiger partial charge is 0.451 e. The monoisotopic (exact) mass is 349 g/mol. The zero-order valence-electron chi connectivity index (χ0n) is 14.2. The number of anilines is 1. The molecular weight excluding hydrogens is 330 g/mol. The lowest BCUT2D eigenvalue weighted by Crippen LogP contribution is -2.48. The molecule has 1 saturated heterocycles. The summed E-state index contributed by atoms with van der Waals surface area (Å²) < 4.78 is 5.62. The van der Waals surface area contributed by atoms with Gasteiger partial charge in [0.05, 0.1) is 5.39 Å². The summed E-state index contributed by atoms with van der Waals surface area (Å²) >= 11 is 0. The summed E-state index contributed by atoms with van der Waals surface area (Å²) in [7, 11) is 0. The third-order valence-electron chi connectivity index (χ3n) is 4.59. The topological polar surface area (TPSA) is 75.4 Å². The summed E-state index contributed by atoms with van der Waals surface area (Å²) in [5, 5.41) is 3.46. The van der Waals surface area contributed by atoms with Gasteiger partial charge in [0.25, 0.3) is 5.91 Å². The van der Waals surface area contributed by atoms with E-state index in [0.717, 1.165) is 25.2 Å². The average molecular weight is 349 g/mol. The summed E-state index contributed by atoms with van der Waals surface area (Å²) in [5.74, 6) is 0.591. The van der Waals surface area contributed by atoms with Gasteiger partial charge in [-0.1, -0.05) is 18.2 Å². The third-order valence-corrected chi connectivity index (χ3v) is 4.59. The van der Waals surface area contributed by atoms with Crippen molar-refractivity contribution in [1.82, 2.24) is 10.3 Å². The SMILES string of the molecule is O=C(N[C@@H]1CCCN(c2ccccn2)C1)c1cc(=O)c2ccccc2o1. The van der Waals surface area contributed by atoms with E-state index >= 15 is 0 Å². The highest BCUT2D eigenvalue weighted by molar-refractivity contribution is 5.93. The molecule has 1 aromatic carbocycles. The number of fused-ring (bicyclic) bond motifs is 1. The molecule has 1 aliphatic heterocycles. The van der Waals surface area contributed by atoms with Crippen molar-refractivity contribution in [1.29, 1.82) is 0 Å². The Bertz CT molecular complexity index is 984. The number of benzene rings is 1. The first-order valence-electron chi connectivity index (χ1n) is 8.70. The van der Waals surface area contributed by atoms with Crippen LogP contribution in [-0.2, 0) is 0 Å². The van der Waals surface area contributed by atoms with Crippen LogP contribution in [0.15, 0.2) is 63.9 Å². The molecule has 0 radical (unpaired) electrons. The molecule has 6 nitrogen and oxygen atoms in total. The molecule has 0 spiro atoms. The highest BCUT2D eigenvalue weighted by Gasteiger charge is 2.23. The first kappa shape index (κ1) is 16.3. The molecule has 4 rings (SSSR count). The number of nitrogens with zero attached hydrogens (tertiary/aromatic N) is 2. The van der Waals surface area contributed by atoms with E-state index < -0.39 is 0 Å². The number of hydrogen-bond acceptors (Lipinski definition) is 5. The Hall–Kier alpha value is -3.15. The smallest absolute Gasteiger partial charge is 0.287 e. The Kier molecular flexibility index (Phi) is 4.39. The van der Waals surface area contributed by atoms with Crippen LogP contribution in [0.4, 0.5) is 5.82 Å². The van der Waals surface area contributed by atoms with Crippen molar-refractivity contribution in [2.45, 2.75) is 18.9 Å². The van der Waals surface area contributed by atoms with E-state index in [2.05, 4.69) is 15.2 Å². The van der Waals surface area contributed by atoms with Crippen molar-refractivity contribution in [3.8, 4) is 0 Å². The molecular formula is C20H19N3O3. The van der Waals surface area contributed by atoms with E-state index in [4.69, 9.17) is 4.42 Å². The van der Waals surface area contributed by atoms with Gasteiger partial charge in [-0.3, -0.25) is 9.59 Å². The number of pyridine rings is 1. The van der Waals surface area contributed by atoms with Crippen LogP contribution >= 0.6 is 0 Å². The number of amides is 1. The molecule has 0 saturated carbocycles. The molecule has 1 fully saturated rings. The fourth-order valence-corrected chi connectivity index (χ4v) is 3.32. The van der Waals surface area contributed by atoms with Crippen molar-refractivity contribution in [3.63, 3.8) is 0 Å². The number of para-hydroxylation sites is 1. The lowest BCUT2D eigenvalue weighted by atomic mass is 10.1. The first-order chi connectivity index (χ1) is 12.7. The molecule has 0 unspecified atom stereocenters. The standard InChI is InChI=1S/C20H19N3O3/c24-16-12-18(26-17-8-2-1-7-15(16)17)20(25)22-14-6-5-11-23(13-14)19-9-3-4-10-21-19/h1-4,7-10,12,14H,5-6,11,13H2,(H,22,25)/t14-/m1/s1. The van der Waals surface area contributed by atoms with Crippen molar-refractivity contribution < 1.29 is 9.21 Å². The van der Waals surface area contributed by atoms with E-state index in [1.165, 1.54) is 6.07 Å². The van der Waals surface area contributed by atoms with Crippen LogP contribution in [0.1, 0.15) is 23.4 Å². The second-order valence-electron chi connectivity index (χ2n) is 6.42. The molecule has 1 aliphatic rings. The van der Waals surface area contributed by atoms with Crippen molar-refractivity contribution >= 4 is 22.7 Å². The van der Waals surface area contributed by atoms with Crippen LogP contribution in [0.25, 0.3) is 11.0 Å². The fraction of sp³-hybridized carbons (Fsp3) is 0.250. The summed E-state index contributed by atoms with van der Waals surface area (Å²) in [6.45, 7) is 1.59. The highest BCUT2D eigenvalue weighted by atomic mass is 16.3. The Morgan fingerprint density at radius 3 is 2.88 bits per heavy atom. The number of aromatic nitrogens is 1. The number of rotatable bonds is 3. The van der Waals surface area contributed by atoms with E-state index in [0.29, 0.717) is 17.5 Å². The Labute approximate surface area is 150 Å². The quantitative estimate of drug-likeness (QED) is 0.787. The maximum absolute atomic E-state index is 12.6. The van der Waals surface area contributed by atoms with Crippen molar-refractivity contribution in [2.24, 2.45) is 0 Å². The summed E-state index contributed by atoms with van der Waals surface area (Å²) in [6, 6.07) is 14.0. The van der Waals surface area contributed by atoms with Gasteiger partial charge in [0.1, 0.15) is 11.4 Å². The Morgan fingerprint density at radius 1 is 1.19 bits per heavy atom. The van der Waals surface area contributed by atoms with Crippen molar-refractivity contribution in [3.05, 3.63) is 70.7 Å². The number of piperidine rings is 1. The lowest BCUT2D eigenvalue weighted by molar-refractivity contribution is 0.0905. The van der Waals surface area contributed by atoms with Crippen LogP contribution in [0.3, 0.4) is 0 Å². The summed E-state index contributed by atoms with van der Waals surface area (Å²) in [4.78, 5) is 31.3. The van der Waals surface area contributed by atoms with Crippen LogP contribution in [0, 0.1) is 0 Å². The predicted octanol–water partition coefficient (Wildman–Crippen LogP) is 2.59. The van der Waals surface area contributed by atoms with Gasteiger partial charge < -0.3 is 14.6 Å². The molecule has 1 atom stereocenters. The number of hydrogen-bond donors (Lipinski definition) is 1. The minimum atomic E-state index is -0.360. The second-order valence-corrected chi connectivity index (χ2v) is 6.42. The van der Waals surface area contributed by atoms with Crippen LogP contribution in [-0.4, -0.2) is 30.0 Å². The molecule has 132 valence electrons. The zero-order chi connectivity index (χ0) is 17.9. The van der Waals surface area contributed by atoms with Crippen molar-refractivity contribution in [2.75, 3.05) is 18.0 Å². The van der Waals surface area contributed by atoms with Gasteiger partial charge in [-0.25, -0.2) is 4.98 Å². The maximum atomic E-state index is 12.6. The molecule has 6 heteroatoms. The van der Waals surface area contributed by atoms with E-state index in [1.54, 1.807) is 30.5 Å². The van der Waals surface area contributed by atoms with E-state index in [1.807, 2.05) is 18.2 Å².